The lowest BCUT2D eigenvalue weighted by molar-refractivity contribution is -0.128. The molecule has 7 heteroatoms. The van der Waals surface area contributed by atoms with Gasteiger partial charge in [-0.2, -0.15) is 0 Å². The van der Waals surface area contributed by atoms with Crippen molar-refractivity contribution in [3.63, 3.8) is 0 Å². The van der Waals surface area contributed by atoms with Crippen molar-refractivity contribution in [3.8, 4) is 0 Å². The van der Waals surface area contributed by atoms with Crippen LogP contribution >= 0.6 is 0 Å². The van der Waals surface area contributed by atoms with E-state index in [0.29, 0.717) is 24.4 Å². The number of aryl methyl sites for hydroxylation is 1. The summed E-state index contributed by atoms with van der Waals surface area (Å²) in [4.78, 5) is 39.2. The zero-order valence-electron chi connectivity index (χ0n) is 22.9. The standard InChI is InChI=1S/C32H35N5O2/c1-4-28-22(2)33-29(35-31(28)36(3)21-30(38)37-17-7-8-18-37)19-23-11-15-27(16-12-23)34-32(39)26-14-13-24-9-5-6-10-25(24)20-26/h5-6,9-16,20H,4,7-8,17-19,21H2,1-3H3,(H,34,39). The van der Waals surface area contributed by atoms with Crippen molar-refractivity contribution in [1.82, 2.24) is 14.9 Å². The number of likely N-dealkylation sites (N-methyl/N-ethyl adjacent to an activating group) is 1. The molecule has 7 nitrogen and oxygen atoms in total. The Labute approximate surface area is 229 Å². The molecule has 200 valence electrons. The Morgan fingerprint density at radius 1 is 0.949 bits per heavy atom. The highest BCUT2D eigenvalue weighted by Gasteiger charge is 2.22. The summed E-state index contributed by atoms with van der Waals surface area (Å²) >= 11 is 0. The van der Waals surface area contributed by atoms with E-state index in [4.69, 9.17) is 9.97 Å². The summed E-state index contributed by atoms with van der Waals surface area (Å²) < 4.78 is 0. The van der Waals surface area contributed by atoms with E-state index in [-0.39, 0.29) is 11.8 Å². The third-order valence-corrected chi connectivity index (χ3v) is 7.37. The summed E-state index contributed by atoms with van der Waals surface area (Å²) in [5.74, 6) is 1.55. The molecule has 0 aliphatic carbocycles. The van der Waals surface area contributed by atoms with E-state index >= 15 is 0 Å². The number of amides is 2. The van der Waals surface area contributed by atoms with Crippen LogP contribution in [0.5, 0.6) is 0 Å². The molecular formula is C32H35N5O2. The van der Waals surface area contributed by atoms with Crippen LogP contribution in [-0.2, 0) is 17.6 Å². The summed E-state index contributed by atoms with van der Waals surface area (Å²) in [6.45, 7) is 6.11. The van der Waals surface area contributed by atoms with Gasteiger partial charge in [0.05, 0.1) is 6.54 Å². The van der Waals surface area contributed by atoms with Crippen LogP contribution in [0.25, 0.3) is 10.8 Å². The van der Waals surface area contributed by atoms with Crippen LogP contribution in [0, 0.1) is 6.92 Å². The maximum atomic E-state index is 12.8. The van der Waals surface area contributed by atoms with Crippen molar-refractivity contribution >= 4 is 34.1 Å². The molecule has 0 spiro atoms. The monoisotopic (exact) mass is 521 g/mol. The molecule has 1 fully saturated rings. The predicted octanol–water partition coefficient (Wildman–Crippen LogP) is 5.40. The Hall–Kier alpha value is -4.26. The van der Waals surface area contributed by atoms with Gasteiger partial charge in [0.1, 0.15) is 11.6 Å². The number of fused-ring (bicyclic) bond motifs is 1. The van der Waals surface area contributed by atoms with Gasteiger partial charge in [-0.1, -0.05) is 49.4 Å². The summed E-state index contributed by atoms with van der Waals surface area (Å²) in [5.41, 5.74) is 4.41. The van der Waals surface area contributed by atoms with Crippen molar-refractivity contribution in [2.45, 2.75) is 39.5 Å². The molecule has 1 aliphatic rings. The number of rotatable bonds is 8. The minimum atomic E-state index is -0.140. The van der Waals surface area contributed by atoms with Crippen LogP contribution in [0.1, 0.15) is 52.8 Å². The van der Waals surface area contributed by atoms with Gasteiger partial charge in [-0.15, -0.1) is 0 Å². The Kier molecular flexibility index (Phi) is 7.87. The quantitative estimate of drug-likeness (QED) is 0.336. The van der Waals surface area contributed by atoms with E-state index in [1.165, 1.54) is 0 Å². The molecule has 0 radical (unpaired) electrons. The third-order valence-electron chi connectivity index (χ3n) is 7.37. The molecule has 0 atom stereocenters. The average Bonchev–Trinajstić information content (AvgIpc) is 3.49. The van der Waals surface area contributed by atoms with Crippen LogP contribution in [0.15, 0.2) is 66.7 Å². The van der Waals surface area contributed by atoms with Crippen molar-refractivity contribution in [1.29, 1.82) is 0 Å². The number of likely N-dealkylation sites (tertiary alicyclic amines) is 1. The van der Waals surface area contributed by atoms with E-state index in [1.807, 2.05) is 90.5 Å². The Bertz CT molecular complexity index is 1490. The van der Waals surface area contributed by atoms with Gasteiger partial charge in [0, 0.05) is 49.1 Å². The highest BCUT2D eigenvalue weighted by molar-refractivity contribution is 6.06. The fraction of sp³-hybridized carbons (Fsp3) is 0.312. The van der Waals surface area contributed by atoms with Crippen molar-refractivity contribution < 1.29 is 9.59 Å². The molecule has 2 heterocycles. The zero-order valence-corrected chi connectivity index (χ0v) is 22.9. The van der Waals surface area contributed by atoms with Gasteiger partial charge in [0.2, 0.25) is 5.91 Å². The van der Waals surface area contributed by atoms with E-state index in [0.717, 1.165) is 71.5 Å². The Morgan fingerprint density at radius 3 is 2.38 bits per heavy atom. The molecule has 1 saturated heterocycles. The predicted molar refractivity (Wildman–Crippen MR) is 156 cm³/mol. The van der Waals surface area contributed by atoms with Crippen LogP contribution in [0.4, 0.5) is 11.5 Å². The SMILES string of the molecule is CCc1c(C)nc(Cc2ccc(NC(=O)c3ccc4ccccc4c3)cc2)nc1N(C)CC(=O)N1CCCC1. The summed E-state index contributed by atoms with van der Waals surface area (Å²) in [6, 6.07) is 21.5. The zero-order chi connectivity index (χ0) is 27.4. The number of carbonyl (C=O) groups excluding carboxylic acids is 2. The average molecular weight is 522 g/mol. The van der Waals surface area contributed by atoms with Crippen molar-refractivity contribution in [2.24, 2.45) is 0 Å². The fourth-order valence-electron chi connectivity index (χ4n) is 5.21. The van der Waals surface area contributed by atoms with Gasteiger partial charge < -0.3 is 15.1 Å². The highest BCUT2D eigenvalue weighted by Crippen LogP contribution is 2.23. The number of anilines is 2. The lowest BCUT2D eigenvalue weighted by Gasteiger charge is -2.25. The molecule has 0 bridgehead atoms. The molecule has 4 aromatic rings. The van der Waals surface area contributed by atoms with Crippen molar-refractivity contribution in [3.05, 3.63) is 94.9 Å². The summed E-state index contributed by atoms with van der Waals surface area (Å²) in [6.07, 6.45) is 3.52. The largest absolute Gasteiger partial charge is 0.350 e. The molecule has 1 aromatic heterocycles. The van der Waals surface area contributed by atoms with Gasteiger partial charge >= 0.3 is 0 Å². The van der Waals surface area contributed by atoms with Gasteiger partial charge in [0.15, 0.2) is 0 Å². The lowest BCUT2D eigenvalue weighted by atomic mass is 10.1. The second-order valence-electron chi connectivity index (χ2n) is 10.2. The first-order valence-corrected chi connectivity index (χ1v) is 13.7. The van der Waals surface area contributed by atoms with Gasteiger partial charge in [0.25, 0.3) is 5.91 Å². The van der Waals surface area contributed by atoms with Gasteiger partial charge in [-0.3, -0.25) is 9.59 Å². The number of hydrogen-bond acceptors (Lipinski definition) is 5. The first-order chi connectivity index (χ1) is 18.9. The third kappa shape index (κ3) is 6.08. The first kappa shape index (κ1) is 26.4. The first-order valence-electron chi connectivity index (χ1n) is 13.7. The molecule has 39 heavy (non-hydrogen) atoms. The number of hydrogen-bond donors (Lipinski definition) is 1. The number of nitrogens with one attached hydrogen (secondary N) is 1. The Balaban J connectivity index is 1.27. The summed E-state index contributed by atoms with van der Waals surface area (Å²) in [7, 11) is 1.94. The van der Waals surface area contributed by atoms with Gasteiger partial charge in [-0.25, -0.2) is 9.97 Å². The van der Waals surface area contributed by atoms with Crippen LogP contribution < -0.4 is 10.2 Å². The minimum Gasteiger partial charge on any atom is -0.350 e. The topological polar surface area (TPSA) is 78.4 Å². The maximum absolute atomic E-state index is 12.8. The van der Waals surface area contributed by atoms with Crippen molar-refractivity contribution in [2.75, 3.05) is 36.9 Å². The van der Waals surface area contributed by atoms with E-state index in [2.05, 4.69) is 12.2 Å². The van der Waals surface area contributed by atoms with Crippen LogP contribution in [0.3, 0.4) is 0 Å². The number of aromatic nitrogens is 2. The minimum absolute atomic E-state index is 0.140. The summed E-state index contributed by atoms with van der Waals surface area (Å²) in [5, 5.41) is 5.13. The van der Waals surface area contributed by atoms with Crippen LogP contribution in [0.2, 0.25) is 0 Å². The molecule has 3 aromatic carbocycles. The normalized spacial score (nSPS) is 13.1. The molecule has 0 saturated carbocycles. The van der Waals surface area contributed by atoms with E-state index in [9.17, 15) is 9.59 Å². The highest BCUT2D eigenvalue weighted by atomic mass is 16.2. The molecular weight excluding hydrogens is 486 g/mol. The number of carbonyl (C=O) groups is 2. The Morgan fingerprint density at radius 2 is 1.67 bits per heavy atom. The fourth-order valence-corrected chi connectivity index (χ4v) is 5.21. The number of benzene rings is 3. The van der Waals surface area contributed by atoms with Gasteiger partial charge in [-0.05, 0) is 66.8 Å². The molecule has 5 rings (SSSR count). The number of nitrogens with zero attached hydrogens (tertiary/aromatic N) is 4. The van der Waals surface area contributed by atoms with Crippen LogP contribution in [-0.4, -0.2) is 53.4 Å². The second-order valence-corrected chi connectivity index (χ2v) is 10.2. The molecule has 1 aliphatic heterocycles. The molecule has 2 amide bonds. The van der Waals surface area contributed by atoms with E-state index < -0.39 is 0 Å². The van der Waals surface area contributed by atoms with E-state index in [1.54, 1.807) is 0 Å². The lowest BCUT2D eigenvalue weighted by Crippen LogP contribution is -2.38. The smallest absolute Gasteiger partial charge is 0.255 e. The molecule has 1 N–H and O–H groups in total. The second kappa shape index (κ2) is 11.6. The molecule has 0 unspecified atom stereocenters. The maximum Gasteiger partial charge on any atom is 0.255 e.